The van der Waals surface area contributed by atoms with Crippen molar-refractivity contribution in [1.82, 2.24) is 30.4 Å². The van der Waals surface area contributed by atoms with E-state index in [1.807, 2.05) is 48.5 Å². The highest BCUT2D eigenvalue weighted by Gasteiger charge is 2.09. The van der Waals surface area contributed by atoms with Crippen molar-refractivity contribution in [3.8, 4) is 34.0 Å². The van der Waals surface area contributed by atoms with E-state index in [1.165, 1.54) is 0 Å². The number of rotatable bonds is 4. The minimum Gasteiger partial charge on any atom is -0.497 e. The van der Waals surface area contributed by atoms with E-state index < -0.39 is 0 Å². The fraction of sp³-hybridized carbons (Fsp3) is 0.100. The number of halogens is 2. The summed E-state index contributed by atoms with van der Waals surface area (Å²) in [5.74, 6) is 1.78. The van der Waals surface area contributed by atoms with Crippen molar-refractivity contribution in [3.05, 3.63) is 57.7 Å². The zero-order chi connectivity index (χ0) is 23.1. The molecule has 0 fully saturated rings. The maximum Gasteiger partial charge on any atom is 0.240 e. The second-order valence-electron chi connectivity index (χ2n) is 6.08. The number of nitrogen functional groups attached to an aromatic ring is 2. The van der Waals surface area contributed by atoms with Gasteiger partial charge in [0, 0.05) is 11.1 Å². The molecule has 4 rings (SSSR count). The first-order valence-electron chi connectivity index (χ1n) is 9.01. The van der Waals surface area contributed by atoms with Gasteiger partial charge in [0.25, 0.3) is 0 Å². The molecule has 0 saturated carbocycles. The molecule has 2 aromatic heterocycles. The lowest BCUT2D eigenvalue weighted by atomic mass is 10.1. The Bertz CT molecular complexity index is 1130. The van der Waals surface area contributed by atoms with Crippen LogP contribution in [0, 0.1) is 0 Å². The Labute approximate surface area is 200 Å². The van der Waals surface area contributed by atoms with Gasteiger partial charge in [-0.15, -0.1) is 20.4 Å². The summed E-state index contributed by atoms with van der Waals surface area (Å²) in [6, 6.07) is 15.0. The van der Waals surface area contributed by atoms with Crippen LogP contribution in [0.3, 0.4) is 0 Å². The standard InChI is InChI=1S/2C10H9BrN4O/c2*1-16-7-4-2-3-6(5-7)8-9(11)14-15-10(12)13-8/h2*2-5H,1H3,(H2,12,13,15). The van der Waals surface area contributed by atoms with E-state index in [4.69, 9.17) is 20.9 Å². The fourth-order valence-corrected chi connectivity index (χ4v) is 3.35. The zero-order valence-corrected chi connectivity index (χ0v) is 20.2. The van der Waals surface area contributed by atoms with Crippen LogP contribution in [0.4, 0.5) is 11.9 Å². The van der Waals surface area contributed by atoms with Crippen LogP contribution in [0.2, 0.25) is 0 Å². The highest BCUT2D eigenvalue weighted by molar-refractivity contribution is 9.10. The summed E-state index contributed by atoms with van der Waals surface area (Å²) >= 11 is 6.56. The van der Waals surface area contributed by atoms with Gasteiger partial charge in [0.2, 0.25) is 11.9 Å². The highest BCUT2D eigenvalue weighted by atomic mass is 79.9. The van der Waals surface area contributed by atoms with E-state index in [1.54, 1.807) is 14.2 Å². The van der Waals surface area contributed by atoms with Gasteiger partial charge in [-0.25, -0.2) is 9.97 Å². The van der Waals surface area contributed by atoms with Crippen molar-refractivity contribution in [2.45, 2.75) is 0 Å². The molecule has 0 amide bonds. The fourth-order valence-electron chi connectivity index (χ4n) is 2.56. The van der Waals surface area contributed by atoms with Crippen molar-refractivity contribution in [2.24, 2.45) is 0 Å². The normalized spacial score (nSPS) is 10.1. The predicted molar refractivity (Wildman–Crippen MR) is 128 cm³/mol. The number of anilines is 2. The molecule has 10 nitrogen and oxygen atoms in total. The summed E-state index contributed by atoms with van der Waals surface area (Å²) in [7, 11) is 3.22. The molecule has 4 aromatic rings. The number of benzene rings is 2. The molecule has 0 saturated heterocycles. The quantitative estimate of drug-likeness (QED) is 0.377. The summed E-state index contributed by atoms with van der Waals surface area (Å²) in [5.41, 5.74) is 14.0. The largest absolute Gasteiger partial charge is 0.497 e. The topological polar surface area (TPSA) is 148 Å². The zero-order valence-electron chi connectivity index (χ0n) is 17.0. The summed E-state index contributed by atoms with van der Waals surface area (Å²) in [6.45, 7) is 0. The summed E-state index contributed by atoms with van der Waals surface area (Å²) in [4.78, 5) is 8.24. The minimum absolute atomic E-state index is 0.140. The third-order valence-corrected chi connectivity index (χ3v) is 5.08. The van der Waals surface area contributed by atoms with Crippen LogP contribution < -0.4 is 20.9 Å². The average Bonchev–Trinajstić information content (AvgIpc) is 2.82. The van der Waals surface area contributed by atoms with Crippen LogP contribution in [-0.2, 0) is 0 Å². The highest BCUT2D eigenvalue weighted by Crippen LogP contribution is 2.28. The van der Waals surface area contributed by atoms with Gasteiger partial charge in [0.1, 0.15) is 22.9 Å². The Hall–Kier alpha value is -3.38. The molecule has 2 heterocycles. The van der Waals surface area contributed by atoms with Crippen LogP contribution in [0.25, 0.3) is 22.5 Å². The van der Waals surface area contributed by atoms with E-state index in [0.29, 0.717) is 20.6 Å². The summed E-state index contributed by atoms with van der Waals surface area (Å²) < 4.78 is 11.4. The summed E-state index contributed by atoms with van der Waals surface area (Å²) in [6.07, 6.45) is 0. The minimum atomic E-state index is 0.140. The number of nitrogens with zero attached hydrogens (tertiary/aromatic N) is 6. The van der Waals surface area contributed by atoms with Gasteiger partial charge in [0.05, 0.1) is 14.2 Å². The van der Waals surface area contributed by atoms with E-state index >= 15 is 0 Å². The van der Waals surface area contributed by atoms with Crippen LogP contribution in [-0.4, -0.2) is 44.6 Å². The Kier molecular flexibility index (Phi) is 7.84. The number of aromatic nitrogens is 6. The second kappa shape index (κ2) is 10.8. The van der Waals surface area contributed by atoms with Crippen molar-refractivity contribution in [1.29, 1.82) is 0 Å². The lowest BCUT2D eigenvalue weighted by Crippen LogP contribution is -2.00. The van der Waals surface area contributed by atoms with Gasteiger partial charge in [0.15, 0.2) is 9.21 Å². The molecule has 0 aliphatic carbocycles. The molecule has 0 bridgehead atoms. The Balaban J connectivity index is 0.000000181. The van der Waals surface area contributed by atoms with Crippen molar-refractivity contribution in [3.63, 3.8) is 0 Å². The van der Waals surface area contributed by atoms with Crippen LogP contribution >= 0.6 is 31.9 Å². The molecule has 0 atom stereocenters. The number of hydrogen-bond acceptors (Lipinski definition) is 10. The molecule has 12 heteroatoms. The van der Waals surface area contributed by atoms with Crippen LogP contribution in [0.1, 0.15) is 0 Å². The molecule has 2 aromatic carbocycles. The molecule has 4 N–H and O–H groups in total. The van der Waals surface area contributed by atoms with Crippen LogP contribution in [0.15, 0.2) is 57.7 Å². The maximum atomic E-state index is 5.50. The lowest BCUT2D eigenvalue weighted by molar-refractivity contribution is 0.415. The van der Waals surface area contributed by atoms with E-state index in [9.17, 15) is 0 Å². The third-order valence-electron chi connectivity index (χ3n) is 4.01. The van der Waals surface area contributed by atoms with Gasteiger partial charge in [-0.05, 0) is 56.1 Å². The third kappa shape index (κ3) is 5.86. The smallest absolute Gasteiger partial charge is 0.240 e. The van der Waals surface area contributed by atoms with Gasteiger partial charge in [-0.1, -0.05) is 24.3 Å². The van der Waals surface area contributed by atoms with Crippen molar-refractivity contribution >= 4 is 43.8 Å². The molecule has 0 unspecified atom stereocenters. The number of methoxy groups -OCH3 is 2. The first kappa shape index (κ1) is 23.3. The Morgan fingerprint density at radius 3 is 1.44 bits per heavy atom. The maximum absolute atomic E-state index is 5.50. The van der Waals surface area contributed by atoms with E-state index in [-0.39, 0.29) is 11.9 Å². The van der Waals surface area contributed by atoms with Gasteiger partial charge in [-0.3, -0.25) is 0 Å². The first-order chi connectivity index (χ1) is 15.4. The number of hydrogen-bond donors (Lipinski definition) is 2. The SMILES string of the molecule is COc1cccc(-c2nc(N)nnc2Br)c1.COc1cccc(-c2nc(N)nnc2Br)c1. The molecule has 0 spiro atoms. The second-order valence-corrected chi connectivity index (χ2v) is 7.59. The molecule has 0 aliphatic heterocycles. The predicted octanol–water partition coefficient (Wildman–Crippen LogP) is 3.78. The number of ether oxygens (including phenoxy) is 2. The van der Waals surface area contributed by atoms with E-state index in [0.717, 1.165) is 22.6 Å². The molecular weight excluding hydrogens is 544 g/mol. The lowest BCUT2D eigenvalue weighted by Gasteiger charge is -2.05. The van der Waals surface area contributed by atoms with E-state index in [2.05, 4.69) is 62.2 Å². The van der Waals surface area contributed by atoms with Gasteiger partial charge < -0.3 is 20.9 Å². The monoisotopic (exact) mass is 560 g/mol. The first-order valence-corrected chi connectivity index (χ1v) is 10.6. The summed E-state index contributed by atoms with van der Waals surface area (Å²) in [5, 5.41) is 15.0. The molecule has 0 radical (unpaired) electrons. The van der Waals surface area contributed by atoms with Gasteiger partial charge in [-0.2, -0.15) is 0 Å². The molecule has 0 aliphatic rings. The van der Waals surface area contributed by atoms with Crippen LogP contribution in [0.5, 0.6) is 11.5 Å². The van der Waals surface area contributed by atoms with Gasteiger partial charge >= 0.3 is 0 Å². The molecule has 164 valence electrons. The van der Waals surface area contributed by atoms with Crippen molar-refractivity contribution < 1.29 is 9.47 Å². The Morgan fingerprint density at radius 2 is 1.06 bits per heavy atom. The average molecular weight is 562 g/mol. The molecular formula is C20H18Br2N8O2. The Morgan fingerprint density at radius 1 is 0.656 bits per heavy atom. The number of nitrogens with two attached hydrogens (primary N) is 2. The van der Waals surface area contributed by atoms with Crippen molar-refractivity contribution in [2.75, 3.05) is 25.7 Å². The molecule has 32 heavy (non-hydrogen) atoms.